The van der Waals surface area contributed by atoms with Crippen LogP contribution in [0.1, 0.15) is 28.2 Å². The Morgan fingerprint density at radius 3 is 2.43 bits per heavy atom. The van der Waals surface area contributed by atoms with Crippen molar-refractivity contribution in [3.8, 4) is 17.2 Å². The van der Waals surface area contributed by atoms with Gasteiger partial charge in [-0.25, -0.2) is 0 Å². The molecule has 1 aliphatic heterocycles. The third-order valence-corrected chi connectivity index (χ3v) is 4.03. The van der Waals surface area contributed by atoms with Gasteiger partial charge in [-0.1, -0.05) is 12.1 Å². The molecule has 2 aromatic carbocycles. The molecule has 0 spiro atoms. The summed E-state index contributed by atoms with van der Waals surface area (Å²) in [5.41, 5.74) is 4.10. The van der Waals surface area contributed by atoms with Crippen molar-refractivity contribution < 1.29 is 15.3 Å². The molecule has 0 amide bonds. The zero-order chi connectivity index (χ0) is 14.3. The maximum Gasteiger partial charge on any atom is 0.157 e. The van der Waals surface area contributed by atoms with Crippen molar-refractivity contribution >= 4 is 17.0 Å². The monoisotopic (exact) mass is 351 g/mol. The number of phenols is 3. The molecule has 1 atom stereocenters. The average Bonchev–Trinajstić information content (AvgIpc) is 2.45. The molecular weight excluding hydrogens is 334 g/mol. The first-order chi connectivity index (χ1) is 9.58. The molecule has 112 valence electrons. The van der Waals surface area contributed by atoms with Gasteiger partial charge < -0.3 is 20.6 Å². The summed E-state index contributed by atoms with van der Waals surface area (Å²) < 4.78 is 0. The van der Waals surface area contributed by atoms with Gasteiger partial charge in [0.15, 0.2) is 11.5 Å². The molecule has 3 rings (SSSR count). The van der Waals surface area contributed by atoms with Crippen LogP contribution in [-0.4, -0.2) is 21.9 Å². The Balaban J connectivity index is 0.00000161. The van der Waals surface area contributed by atoms with Gasteiger partial charge in [0.25, 0.3) is 0 Å². The van der Waals surface area contributed by atoms with Crippen molar-refractivity contribution in [1.29, 1.82) is 0 Å². The van der Waals surface area contributed by atoms with E-state index < -0.39 is 0 Å². The molecule has 0 aliphatic carbocycles. The molecule has 1 heterocycles. The third-order valence-electron chi connectivity index (χ3n) is 4.03. The lowest BCUT2D eigenvalue weighted by Crippen LogP contribution is -2.29. The molecule has 21 heavy (non-hydrogen) atoms. The van der Waals surface area contributed by atoms with E-state index in [9.17, 15) is 15.3 Å². The lowest BCUT2D eigenvalue weighted by atomic mass is 9.83. The quantitative estimate of drug-likeness (QED) is 0.596. The highest BCUT2D eigenvalue weighted by Gasteiger charge is 2.24. The minimum Gasteiger partial charge on any atom is -0.508 e. The van der Waals surface area contributed by atoms with Crippen LogP contribution in [0.15, 0.2) is 30.3 Å². The molecule has 0 saturated heterocycles. The average molecular weight is 352 g/mol. The largest absolute Gasteiger partial charge is 0.508 e. The summed E-state index contributed by atoms with van der Waals surface area (Å²) in [7, 11) is 0. The molecule has 0 fully saturated rings. The summed E-state index contributed by atoms with van der Waals surface area (Å²) in [5, 5.41) is 32.2. The number of fused-ring (bicyclic) bond motifs is 1. The highest BCUT2D eigenvalue weighted by Crippen LogP contribution is 2.37. The number of rotatable bonds is 1. The van der Waals surface area contributed by atoms with Gasteiger partial charge in [-0.2, -0.15) is 0 Å². The smallest absolute Gasteiger partial charge is 0.157 e. The number of hydrogen-bond donors (Lipinski definition) is 4. The fourth-order valence-corrected chi connectivity index (χ4v) is 2.83. The summed E-state index contributed by atoms with van der Waals surface area (Å²) >= 11 is 0. The molecule has 4 nitrogen and oxygen atoms in total. The summed E-state index contributed by atoms with van der Waals surface area (Å²) in [6, 6.07) is 8.57. The van der Waals surface area contributed by atoms with E-state index in [0.717, 1.165) is 35.3 Å². The van der Waals surface area contributed by atoms with Crippen LogP contribution in [0, 0.1) is 6.92 Å². The predicted molar refractivity (Wildman–Crippen MR) is 86.5 cm³/mol. The van der Waals surface area contributed by atoms with Crippen LogP contribution in [0.25, 0.3) is 0 Å². The van der Waals surface area contributed by atoms with Gasteiger partial charge in [-0.05, 0) is 47.4 Å². The van der Waals surface area contributed by atoms with Crippen LogP contribution in [-0.2, 0) is 6.54 Å². The van der Waals surface area contributed by atoms with E-state index in [-0.39, 0.29) is 34.4 Å². The van der Waals surface area contributed by atoms with Crippen molar-refractivity contribution in [2.45, 2.75) is 19.4 Å². The normalized spacial score (nSPS) is 16.9. The first-order valence-electron chi connectivity index (χ1n) is 6.62. The first kappa shape index (κ1) is 15.7. The van der Waals surface area contributed by atoms with Gasteiger partial charge in [-0.15, -0.1) is 17.0 Å². The zero-order valence-corrected chi connectivity index (χ0v) is 13.3. The van der Waals surface area contributed by atoms with Gasteiger partial charge in [0.2, 0.25) is 0 Å². The van der Waals surface area contributed by atoms with Crippen molar-refractivity contribution in [1.82, 2.24) is 5.32 Å². The van der Waals surface area contributed by atoms with E-state index in [1.807, 2.05) is 19.1 Å². The number of nitrogens with one attached hydrogen (secondary N) is 1. The standard InChI is InChI=1S/C16H17NO3.BrH/c1-9-12-7-17-8-13(11(12)3-5-14(9)18)10-2-4-15(19)16(20)6-10;/h2-6,13,17-20H,7-8H2,1H3;1H. The molecule has 0 saturated carbocycles. The van der Waals surface area contributed by atoms with Gasteiger partial charge >= 0.3 is 0 Å². The Bertz CT molecular complexity index is 673. The van der Waals surface area contributed by atoms with Crippen LogP contribution in [0.4, 0.5) is 0 Å². The second-order valence-corrected chi connectivity index (χ2v) is 5.21. The number of aromatic hydroxyl groups is 3. The molecule has 0 bridgehead atoms. The van der Waals surface area contributed by atoms with Crippen LogP contribution >= 0.6 is 17.0 Å². The summed E-state index contributed by atoms with van der Waals surface area (Å²) in [4.78, 5) is 0. The molecule has 5 heteroatoms. The SMILES string of the molecule is Br.Cc1c(O)ccc2c1CNCC2c1ccc(O)c(O)c1. The van der Waals surface area contributed by atoms with Crippen LogP contribution < -0.4 is 5.32 Å². The van der Waals surface area contributed by atoms with E-state index in [4.69, 9.17) is 0 Å². The first-order valence-corrected chi connectivity index (χ1v) is 6.62. The van der Waals surface area contributed by atoms with Crippen LogP contribution in [0.2, 0.25) is 0 Å². The summed E-state index contributed by atoms with van der Waals surface area (Å²) in [6.45, 7) is 3.41. The highest BCUT2D eigenvalue weighted by atomic mass is 79.9. The molecule has 4 N–H and O–H groups in total. The second kappa shape index (κ2) is 5.95. The molecule has 2 aromatic rings. The van der Waals surface area contributed by atoms with Crippen molar-refractivity contribution in [3.05, 3.63) is 52.6 Å². The Kier molecular flexibility index (Phi) is 4.44. The minimum absolute atomic E-state index is 0. The van der Waals surface area contributed by atoms with Gasteiger partial charge in [0.05, 0.1) is 0 Å². The maximum atomic E-state index is 9.81. The van der Waals surface area contributed by atoms with E-state index in [1.54, 1.807) is 12.1 Å². The lowest BCUT2D eigenvalue weighted by molar-refractivity contribution is 0.402. The fourth-order valence-electron chi connectivity index (χ4n) is 2.83. The Labute approximate surface area is 133 Å². The van der Waals surface area contributed by atoms with Crippen molar-refractivity contribution in [2.24, 2.45) is 0 Å². The van der Waals surface area contributed by atoms with Gasteiger partial charge in [-0.3, -0.25) is 0 Å². The Hall–Kier alpha value is -1.72. The summed E-state index contributed by atoms with van der Waals surface area (Å²) in [6.07, 6.45) is 0. The van der Waals surface area contributed by atoms with E-state index >= 15 is 0 Å². The molecular formula is C16H18BrNO3. The maximum absolute atomic E-state index is 9.81. The molecule has 1 unspecified atom stereocenters. The Morgan fingerprint density at radius 2 is 1.71 bits per heavy atom. The number of hydrogen-bond acceptors (Lipinski definition) is 4. The molecule has 0 radical (unpaired) electrons. The van der Waals surface area contributed by atoms with E-state index in [0.29, 0.717) is 5.75 Å². The summed E-state index contributed by atoms with van der Waals surface area (Å²) in [5.74, 6) is 0.189. The zero-order valence-electron chi connectivity index (χ0n) is 11.6. The molecule has 1 aliphatic rings. The van der Waals surface area contributed by atoms with Gasteiger partial charge in [0, 0.05) is 19.0 Å². The number of phenolic OH excluding ortho intramolecular Hbond substituents is 3. The molecule has 0 aromatic heterocycles. The topological polar surface area (TPSA) is 72.7 Å². The van der Waals surface area contributed by atoms with Crippen molar-refractivity contribution in [2.75, 3.05) is 6.54 Å². The van der Waals surface area contributed by atoms with Gasteiger partial charge in [0.1, 0.15) is 5.75 Å². The number of benzene rings is 2. The Morgan fingerprint density at radius 1 is 1.00 bits per heavy atom. The van der Waals surface area contributed by atoms with E-state index in [1.165, 1.54) is 6.07 Å². The van der Waals surface area contributed by atoms with Crippen LogP contribution in [0.3, 0.4) is 0 Å². The third kappa shape index (κ3) is 2.71. The second-order valence-electron chi connectivity index (χ2n) is 5.21. The minimum atomic E-state index is -0.111. The predicted octanol–water partition coefficient (Wildman–Crippen LogP) is 2.92. The fraction of sp³-hybridized carbons (Fsp3) is 0.250. The highest BCUT2D eigenvalue weighted by molar-refractivity contribution is 8.93. The van der Waals surface area contributed by atoms with Crippen LogP contribution in [0.5, 0.6) is 17.2 Å². The van der Waals surface area contributed by atoms with E-state index in [2.05, 4.69) is 5.32 Å². The number of halogens is 1. The van der Waals surface area contributed by atoms with Crippen molar-refractivity contribution in [3.63, 3.8) is 0 Å². The lowest BCUT2D eigenvalue weighted by Gasteiger charge is -2.28.